The maximum absolute atomic E-state index is 12.0. The first-order valence-electron chi connectivity index (χ1n) is 7.17. The van der Waals surface area contributed by atoms with E-state index in [9.17, 15) is 4.79 Å². The second-order valence-corrected chi connectivity index (χ2v) is 5.15. The Morgan fingerprint density at radius 2 is 1.85 bits per heavy atom. The van der Waals surface area contributed by atoms with Crippen LogP contribution in [0, 0.1) is 0 Å². The number of urea groups is 1. The Balaban J connectivity index is 1.72. The maximum Gasteiger partial charge on any atom is 0.326 e. The van der Waals surface area contributed by atoms with E-state index in [-0.39, 0.29) is 23.9 Å². The number of hydrogen-bond acceptors (Lipinski definition) is 8. The van der Waals surface area contributed by atoms with Crippen LogP contribution in [0.25, 0.3) is 5.95 Å². The number of aromatic nitrogens is 6. The molecule has 12 heteroatoms. The number of carbonyl (C=O) groups excluding carboxylic acids is 1. The first kappa shape index (κ1) is 17.4. The molecule has 0 radical (unpaired) electrons. The average Bonchev–Trinajstić information content (AvgIpc) is 3.09. The zero-order valence-corrected chi connectivity index (χ0v) is 14.4. The van der Waals surface area contributed by atoms with Crippen LogP contribution in [0.3, 0.4) is 0 Å². The van der Waals surface area contributed by atoms with Crippen LogP contribution in [0.2, 0.25) is 5.02 Å². The van der Waals surface area contributed by atoms with Gasteiger partial charge in [0.15, 0.2) is 0 Å². The molecule has 2 aromatic heterocycles. The molecule has 1 aromatic carbocycles. The molecular weight excluding hydrogens is 364 g/mol. The van der Waals surface area contributed by atoms with Gasteiger partial charge in [-0.15, -0.1) is 10.1 Å². The van der Waals surface area contributed by atoms with Gasteiger partial charge in [-0.1, -0.05) is 17.7 Å². The number of nitrogens with zero attached hydrogens (tertiary/aromatic N) is 6. The largest absolute Gasteiger partial charge is 0.467 e. The Labute approximate surface area is 152 Å². The van der Waals surface area contributed by atoms with E-state index in [1.54, 1.807) is 24.3 Å². The molecule has 3 rings (SSSR count). The quantitative estimate of drug-likeness (QED) is 0.689. The predicted molar refractivity (Wildman–Crippen MR) is 91.9 cm³/mol. The number of benzene rings is 1. The predicted octanol–water partition coefficient (Wildman–Crippen LogP) is 1.77. The summed E-state index contributed by atoms with van der Waals surface area (Å²) in [4.78, 5) is 27.9. The minimum Gasteiger partial charge on any atom is -0.467 e. The molecule has 134 valence electrons. The number of hydrogen-bond donors (Lipinski definition) is 2. The monoisotopic (exact) mass is 376 g/mol. The number of anilines is 2. The summed E-state index contributed by atoms with van der Waals surface area (Å²) in [7, 11) is 2.82. The summed E-state index contributed by atoms with van der Waals surface area (Å²) >= 11 is 5.87. The maximum atomic E-state index is 12.0. The Bertz CT molecular complexity index is 910. The lowest BCUT2D eigenvalue weighted by Gasteiger charge is -2.05. The molecule has 0 bridgehead atoms. The minimum absolute atomic E-state index is 0.0443. The SMILES string of the molecule is COc1nc(OC)nc(-n2cnc(NC(=O)Nc3cccc(Cl)c3)n2)n1. The van der Waals surface area contributed by atoms with Gasteiger partial charge in [-0.2, -0.15) is 19.6 Å². The van der Waals surface area contributed by atoms with E-state index >= 15 is 0 Å². The molecule has 0 fully saturated rings. The van der Waals surface area contributed by atoms with E-state index < -0.39 is 6.03 Å². The van der Waals surface area contributed by atoms with Gasteiger partial charge in [-0.05, 0) is 18.2 Å². The van der Waals surface area contributed by atoms with Crippen molar-refractivity contribution in [3.05, 3.63) is 35.6 Å². The molecule has 2 heterocycles. The van der Waals surface area contributed by atoms with Crippen LogP contribution in [0.15, 0.2) is 30.6 Å². The molecule has 26 heavy (non-hydrogen) atoms. The summed E-state index contributed by atoms with van der Waals surface area (Å²) in [5.74, 6) is 0.160. The van der Waals surface area contributed by atoms with Crippen molar-refractivity contribution in [3.63, 3.8) is 0 Å². The van der Waals surface area contributed by atoms with Gasteiger partial charge < -0.3 is 14.8 Å². The molecule has 0 unspecified atom stereocenters. The number of halogens is 1. The molecular formula is C14H13ClN8O3. The van der Waals surface area contributed by atoms with Gasteiger partial charge in [0.25, 0.3) is 11.9 Å². The second-order valence-electron chi connectivity index (χ2n) is 4.71. The lowest BCUT2D eigenvalue weighted by Crippen LogP contribution is -2.20. The molecule has 0 spiro atoms. The molecule has 11 nitrogen and oxygen atoms in total. The van der Waals surface area contributed by atoms with Crippen molar-refractivity contribution >= 4 is 29.3 Å². The summed E-state index contributed by atoms with van der Waals surface area (Å²) in [6.07, 6.45) is 1.32. The Morgan fingerprint density at radius 1 is 1.12 bits per heavy atom. The van der Waals surface area contributed by atoms with Crippen LogP contribution in [0.5, 0.6) is 12.0 Å². The zero-order valence-electron chi connectivity index (χ0n) is 13.7. The van der Waals surface area contributed by atoms with Crippen LogP contribution in [-0.2, 0) is 0 Å². The standard InChI is InChI=1S/C14H13ClN8O3/c1-25-13-19-11(20-14(21-13)26-2)23-7-16-10(22-23)18-12(24)17-9-5-3-4-8(15)6-9/h3-7H,1-2H3,(H2,17,18,22,24). The third-order valence-corrected chi connectivity index (χ3v) is 3.19. The minimum atomic E-state index is -0.532. The van der Waals surface area contributed by atoms with Crippen molar-refractivity contribution in [1.29, 1.82) is 0 Å². The normalized spacial score (nSPS) is 10.3. The lowest BCUT2D eigenvalue weighted by molar-refractivity contribution is 0.262. The number of methoxy groups -OCH3 is 2. The average molecular weight is 377 g/mol. The number of nitrogens with one attached hydrogen (secondary N) is 2. The molecule has 2 N–H and O–H groups in total. The Morgan fingerprint density at radius 3 is 2.50 bits per heavy atom. The molecule has 0 aliphatic heterocycles. The van der Waals surface area contributed by atoms with Crippen molar-refractivity contribution in [2.24, 2.45) is 0 Å². The van der Waals surface area contributed by atoms with Crippen LogP contribution in [0.4, 0.5) is 16.4 Å². The first-order valence-corrected chi connectivity index (χ1v) is 7.55. The third kappa shape index (κ3) is 4.13. The summed E-state index contributed by atoms with van der Waals surface area (Å²) < 4.78 is 11.2. The van der Waals surface area contributed by atoms with Crippen molar-refractivity contribution < 1.29 is 14.3 Å². The van der Waals surface area contributed by atoms with E-state index in [0.29, 0.717) is 10.7 Å². The smallest absolute Gasteiger partial charge is 0.326 e. The van der Waals surface area contributed by atoms with E-state index in [1.165, 1.54) is 25.2 Å². The fourth-order valence-electron chi connectivity index (χ4n) is 1.86. The van der Waals surface area contributed by atoms with E-state index in [4.69, 9.17) is 21.1 Å². The highest BCUT2D eigenvalue weighted by Crippen LogP contribution is 2.15. The molecule has 0 atom stereocenters. The molecule has 0 saturated carbocycles. The molecule has 3 aromatic rings. The number of rotatable bonds is 5. The Kier molecular flexibility index (Phi) is 5.08. The lowest BCUT2D eigenvalue weighted by atomic mass is 10.3. The zero-order chi connectivity index (χ0) is 18.5. The van der Waals surface area contributed by atoms with Crippen molar-refractivity contribution in [2.75, 3.05) is 24.9 Å². The van der Waals surface area contributed by atoms with Gasteiger partial charge in [0.2, 0.25) is 0 Å². The van der Waals surface area contributed by atoms with Gasteiger partial charge >= 0.3 is 18.1 Å². The van der Waals surface area contributed by atoms with E-state index in [0.717, 1.165) is 0 Å². The van der Waals surface area contributed by atoms with Crippen LogP contribution in [0.1, 0.15) is 0 Å². The molecule has 0 saturated heterocycles. The fraction of sp³-hybridized carbons (Fsp3) is 0.143. The third-order valence-electron chi connectivity index (χ3n) is 2.95. The fourth-order valence-corrected chi connectivity index (χ4v) is 2.05. The highest BCUT2D eigenvalue weighted by Gasteiger charge is 2.12. The van der Waals surface area contributed by atoms with E-state index in [1.807, 2.05) is 0 Å². The highest BCUT2D eigenvalue weighted by atomic mass is 35.5. The summed E-state index contributed by atoms with van der Waals surface area (Å²) in [5.41, 5.74) is 0.529. The number of amides is 2. The van der Waals surface area contributed by atoms with Crippen molar-refractivity contribution in [2.45, 2.75) is 0 Å². The Hall–Kier alpha value is -3.47. The van der Waals surface area contributed by atoms with Gasteiger partial charge in [-0.3, -0.25) is 5.32 Å². The first-order chi connectivity index (χ1) is 12.6. The summed E-state index contributed by atoms with van der Waals surface area (Å²) in [6.45, 7) is 0. The number of carbonyl (C=O) groups is 1. The topological polar surface area (TPSA) is 129 Å². The second kappa shape index (κ2) is 7.61. The highest BCUT2D eigenvalue weighted by molar-refractivity contribution is 6.30. The summed E-state index contributed by atoms with van der Waals surface area (Å²) in [5, 5.41) is 9.68. The summed E-state index contributed by atoms with van der Waals surface area (Å²) in [6, 6.07) is 6.29. The van der Waals surface area contributed by atoms with Gasteiger partial charge in [0.1, 0.15) is 6.33 Å². The van der Waals surface area contributed by atoms with E-state index in [2.05, 4.69) is 35.7 Å². The van der Waals surface area contributed by atoms with Crippen LogP contribution < -0.4 is 20.1 Å². The van der Waals surface area contributed by atoms with Crippen molar-refractivity contribution in [1.82, 2.24) is 29.7 Å². The molecule has 0 aliphatic carbocycles. The molecule has 0 aliphatic rings. The van der Waals surface area contributed by atoms with Crippen LogP contribution in [-0.4, -0.2) is 50.0 Å². The number of ether oxygens (including phenoxy) is 2. The van der Waals surface area contributed by atoms with Crippen molar-refractivity contribution in [3.8, 4) is 18.0 Å². The van der Waals surface area contributed by atoms with Gasteiger partial charge in [-0.25, -0.2) is 4.79 Å². The van der Waals surface area contributed by atoms with Gasteiger partial charge in [0.05, 0.1) is 14.2 Å². The molecule has 2 amide bonds. The van der Waals surface area contributed by atoms with Crippen LogP contribution >= 0.6 is 11.6 Å². The van der Waals surface area contributed by atoms with Gasteiger partial charge in [0, 0.05) is 10.7 Å².